The topological polar surface area (TPSA) is 0 Å². The molecule has 0 bridgehead atoms. The van der Waals surface area contributed by atoms with Crippen molar-refractivity contribution in [2.75, 3.05) is 0 Å². The molecule has 0 fully saturated rings. The average molecular weight is 150 g/mol. The first-order valence-electron chi connectivity index (χ1n) is 3.18. The molecule has 0 spiro atoms. The zero-order chi connectivity index (χ0) is 7.56. The van der Waals surface area contributed by atoms with Crippen LogP contribution < -0.4 is 5.30 Å². The quantitative estimate of drug-likeness (QED) is 0.537. The Morgan fingerprint density at radius 1 is 1.10 bits per heavy atom. The van der Waals surface area contributed by atoms with Gasteiger partial charge in [-0.2, -0.15) is 0 Å². The highest BCUT2D eigenvalue weighted by molar-refractivity contribution is 7.61. The Morgan fingerprint density at radius 2 is 1.60 bits per heavy atom. The van der Waals surface area contributed by atoms with Gasteiger partial charge in [-0.05, 0) is 12.2 Å². The summed E-state index contributed by atoms with van der Waals surface area (Å²) in [5.74, 6) is 0. The van der Waals surface area contributed by atoms with E-state index in [0.717, 1.165) is 0 Å². The monoisotopic (exact) mass is 150 g/mol. The minimum absolute atomic E-state index is 0.408. The van der Waals surface area contributed by atoms with E-state index < -0.39 is 7.17 Å². The minimum Gasteiger partial charge on any atom is -0.108 e. The van der Waals surface area contributed by atoms with E-state index in [0.29, 0.717) is 0 Å². The highest BCUT2D eigenvalue weighted by Crippen LogP contribution is 2.03. The highest BCUT2D eigenvalue weighted by Gasteiger charge is 1.85. The normalized spacial score (nSPS) is 9.30. The van der Waals surface area contributed by atoms with Crippen LogP contribution in [0.1, 0.15) is 5.56 Å². The molecule has 10 heavy (non-hydrogen) atoms. The molecular weight excluding hydrogens is 139 g/mol. The summed E-state index contributed by atoms with van der Waals surface area (Å²) < 4.78 is 0. The molecule has 0 saturated carbocycles. The molecule has 0 atom stereocenters. The lowest BCUT2D eigenvalue weighted by Gasteiger charge is -1.94. The first-order chi connectivity index (χ1) is 4.70. The maximum Gasteiger partial charge on any atom is -0.00326 e. The maximum absolute atomic E-state index is 3.89. The second-order valence-electron chi connectivity index (χ2n) is 2.38. The summed E-state index contributed by atoms with van der Waals surface area (Å²) in [7, 11) is -0.408. The zero-order valence-electron chi connectivity index (χ0n) is 6.17. The third kappa shape index (κ3) is 1.62. The Morgan fingerprint density at radius 3 is 2.00 bits per heavy atom. The predicted molar refractivity (Wildman–Crippen MR) is 52.0 cm³/mol. The van der Waals surface area contributed by atoms with Gasteiger partial charge in [-0.15, -0.1) is 7.17 Å². The molecule has 1 heteroatoms. The molecule has 52 valence electrons. The van der Waals surface area contributed by atoms with E-state index in [1.54, 1.807) is 0 Å². The van der Waals surface area contributed by atoms with Crippen molar-refractivity contribution < 1.29 is 0 Å². The van der Waals surface area contributed by atoms with E-state index in [1.807, 2.05) is 0 Å². The van der Waals surface area contributed by atoms with Crippen molar-refractivity contribution in [3.63, 3.8) is 0 Å². The molecule has 0 amide bonds. The van der Waals surface area contributed by atoms with Crippen LogP contribution in [-0.4, -0.2) is 12.6 Å². The first kappa shape index (κ1) is 7.37. The second-order valence-corrected chi connectivity index (χ2v) is 3.97. The van der Waals surface area contributed by atoms with Crippen molar-refractivity contribution in [1.29, 1.82) is 0 Å². The first-order valence-corrected chi connectivity index (χ1v) is 4.89. The van der Waals surface area contributed by atoms with Gasteiger partial charge in [0, 0.05) is 0 Å². The van der Waals surface area contributed by atoms with Crippen LogP contribution in [0.15, 0.2) is 24.3 Å². The van der Waals surface area contributed by atoms with E-state index >= 15 is 0 Å². The molecule has 0 aromatic heterocycles. The highest BCUT2D eigenvalue weighted by atomic mass is 31.1. The SMILES string of the molecule is C=P(=C)c1ccc(C)cc1. The van der Waals surface area contributed by atoms with E-state index in [1.165, 1.54) is 10.9 Å². The molecule has 0 N–H and O–H groups in total. The molecule has 1 rings (SSSR count). The third-order valence-electron chi connectivity index (χ3n) is 1.40. The van der Waals surface area contributed by atoms with Crippen LogP contribution in [0.25, 0.3) is 0 Å². The van der Waals surface area contributed by atoms with Gasteiger partial charge in [0.2, 0.25) is 0 Å². The van der Waals surface area contributed by atoms with Crippen LogP contribution in [0, 0.1) is 6.92 Å². The van der Waals surface area contributed by atoms with Gasteiger partial charge in [0.1, 0.15) is 0 Å². The van der Waals surface area contributed by atoms with Crippen LogP contribution in [0.5, 0.6) is 0 Å². The largest absolute Gasteiger partial charge is 0.108 e. The van der Waals surface area contributed by atoms with Gasteiger partial charge < -0.3 is 0 Å². The number of hydrogen-bond acceptors (Lipinski definition) is 0. The summed E-state index contributed by atoms with van der Waals surface area (Å²) in [5, 5.41) is 1.26. The van der Waals surface area contributed by atoms with Crippen LogP contribution in [0.3, 0.4) is 0 Å². The van der Waals surface area contributed by atoms with Gasteiger partial charge >= 0.3 is 0 Å². The van der Waals surface area contributed by atoms with E-state index in [9.17, 15) is 0 Å². The smallest absolute Gasteiger partial charge is 0.00326 e. The maximum atomic E-state index is 3.89. The summed E-state index contributed by atoms with van der Waals surface area (Å²) in [4.78, 5) is 0. The van der Waals surface area contributed by atoms with E-state index in [2.05, 4.69) is 43.8 Å². The van der Waals surface area contributed by atoms with Gasteiger partial charge in [0.15, 0.2) is 0 Å². The number of benzene rings is 1. The van der Waals surface area contributed by atoms with Crippen molar-refractivity contribution in [3.05, 3.63) is 29.8 Å². The molecule has 0 radical (unpaired) electrons. The van der Waals surface area contributed by atoms with Gasteiger partial charge in [-0.3, -0.25) is 0 Å². The molecular formula is C9H11P. The number of hydrogen-bond donors (Lipinski definition) is 0. The minimum atomic E-state index is -0.408. The van der Waals surface area contributed by atoms with Crippen molar-refractivity contribution in [2.45, 2.75) is 6.92 Å². The molecule has 0 aliphatic rings. The van der Waals surface area contributed by atoms with Crippen molar-refractivity contribution in [3.8, 4) is 0 Å². The van der Waals surface area contributed by atoms with Crippen LogP contribution in [-0.2, 0) is 0 Å². The Balaban J connectivity index is 3.12. The van der Waals surface area contributed by atoms with Crippen molar-refractivity contribution in [2.24, 2.45) is 0 Å². The molecule has 1 aromatic carbocycles. The lowest BCUT2D eigenvalue weighted by molar-refractivity contribution is 1.49. The summed E-state index contributed by atoms with van der Waals surface area (Å²) in [6.07, 6.45) is 7.78. The average Bonchev–Trinajstić information content (AvgIpc) is 1.88. The Labute approximate surface area is 62.5 Å². The van der Waals surface area contributed by atoms with Crippen LogP contribution in [0.4, 0.5) is 0 Å². The van der Waals surface area contributed by atoms with Gasteiger partial charge in [0.05, 0.1) is 0 Å². The number of rotatable bonds is 1. The zero-order valence-corrected chi connectivity index (χ0v) is 7.07. The summed E-state index contributed by atoms with van der Waals surface area (Å²) in [6, 6.07) is 8.39. The van der Waals surface area contributed by atoms with Gasteiger partial charge in [-0.25, -0.2) is 0 Å². The molecule has 0 aliphatic carbocycles. The van der Waals surface area contributed by atoms with E-state index in [-0.39, 0.29) is 0 Å². The summed E-state index contributed by atoms with van der Waals surface area (Å²) in [5.41, 5.74) is 1.29. The van der Waals surface area contributed by atoms with Crippen molar-refractivity contribution in [1.82, 2.24) is 0 Å². The Kier molecular flexibility index (Phi) is 2.13. The number of aryl methyl sites for hydroxylation is 1. The van der Waals surface area contributed by atoms with Crippen LogP contribution >= 0.6 is 7.17 Å². The van der Waals surface area contributed by atoms with Crippen molar-refractivity contribution >= 4 is 25.1 Å². The fraction of sp³-hybridized carbons (Fsp3) is 0.111. The molecule has 1 aromatic rings. The fourth-order valence-electron chi connectivity index (χ4n) is 0.756. The fourth-order valence-corrected chi connectivity index (χ4v) is 1.33. The molecule has 0 unspecified atom stereocenters. The second kappa shape index (κ2) is 2.90. The van der Waals surface area contributed by atoms with E-state index in [4.69, 9.17) is 0 Å². The van der Waals surface area contributed by atoms with Gasteiger partial charge in [-0.1, -0.05) is 42.4 Å². The third-order valence-corrected chi connectivity index (χ3v) is 2.43. The Hall–Kier alpha value is -0.740. The molecule has 0 nitrogen and oxygen atoms in total. The summed E-state index contributed by atoms with van der Waals surface area (Å²) in [6.45, 7) is 2.08. The lowest BCUT2D eigenvalue weighted by atomic mass is 10.2. The standard InChI is InChI=1S/C9H11P/c1-8-4-6-9(7-5-8)10(2)3/h4-7H,2-3H2,1H3. The summed E-state index contributed by atoms with van der Waals surface area (Å²) >= 11 is 0. The van der Waals surface area contributed by atoms with Crippen LogP contribution in [0.2, 0.25) is 0 Å². The van der Waals surface area contributed by atoms with Gasteiger partial charge in [0.25, 0.3) is 0 Å². The predicted octanol–water partition coefficient (Wildman–Crippen LogP) is 1.97. The molecule has 0 heterocycles. The Bertz CT molecular complexity index is 270. The lowest BCUT2D eigenvalue weighted by Crippen LogP contribution is -1.90. The molecule has 0 aliphatic heterocycles. The molecule has 0 saturated heterocycles.